The smallest absolute Gasteiger partial charge is 0.259 e. The monoisotopic (exact) mass is 356 g/mol. The minimum atomic E-state index is -0.0619. The molecule has 1 N–H and O–H groups in total. The standard InChI is InChI=1S/C18H24N6O2/c1-4-19-15-12-13(2)21-18(22-15)24-10-8-23(9-11-24)17(25)14-6-5-7-20-16(14)26-3/h5-7,12H,4,8-11H2,1-3H3,(H,19,21,22). The van der Waals surface area contributed by atoms with Crippen LogP contribution in [0.1, 0.15) is 23.0 Å². The van der Waals surface area contributed by atoms with Crippen LogP contribution in [-0.4, -0.2) is 65.6 Å². The van der Waals surface area contributed by atoms with Gasteiger partial charge in [-0.05, 0) is 26.0 Å². The summed E-state index contributed by atoms with van der Waals surface area (Å²) >= 11 is 0. The van der Waals surface area contributed by atoms with Crippen molar-refractivity contribution >= 4 is 17.7 Å². The van der Waals surface area contributed by atoms with Gasteiger partial charge in [0.15, 0.2) is 0 Å². The van der Waals surface area contributed by atoms with Gasteiger partial charge in [0.1, 0.15) is 11.4 Å². The van der Waals surface area contributed by atoms with Crippen LogP contribution in [0.2, 0.25) is 0 Å². The van der Waals surface area contributed by atoms with Crippen LogP contribution in [0, 0.1) is 6.92 Å². The van der Waals surface area contributed by atoms with Gasteiger partial charge in [-0.25, -0.2) is 9.97 Å². The molecule has 1 amide bonds. The Morgan fingerprint density at radius 1 is 1.27 bits per heavy atom. The molecule has 1 aliphatic heterocycles. The SMILES string of the molecule is CCNc1cc(C)nc(N2CCN(C(=O)c3cccnc3OC)CC2)n1. The first-order valence-corrected chi connectivity index (χ1v) is 8.75. The Labute approximate surface area is 153 Å². The molecule has 0 unspecified atom stereocenters. The van der Waals surface area contributed by atoms with Crippen molar-refractivity contribution in [1.29, 1.82) is 0 Å². The predicted molar refractivity (Wildman–Crippen MR) is 99.8 cm³/mol. The molecule has 1 saturated heterocycles. The summed E-state index contributed by atoms with van der Waals surface area (Å²) < 4.78 is 5.20. The lowest BCUT2D eigenvalue weighted by Crippen LogP contribution is -2.49. The summed E-state index contributed by atoms with van der Waals surface area (Å²) in [6.07, 6.45) is 1.62. The van der Waals surface area contributed by atoms with E-state index in [4.69, 9.17) is 4.74 Å². The third-order valence-electron chi connectivity index (χ3n) is 4.24. The van der Waals surface area contributed by atoms with Crippen LogP contribution < -0.4 is 15.0 Å². The highest BCUT2D eigenvalue weighted by Crippen LogP contribution is 2.19. The minimum absolute atomic E-state index is 0.0619. The number of anilines is 2. The van der Waals surface area contributed by atoms with E-state index in [2.05, 4.69) is 25.2 Å². The fourth-order valence-electron chi connectivity index (χ4n) is 2.96. The summed E-state index contributed by atoms with van der Waals surface area (Å²) in [5.41, 5.74) is 1.41. The number of carbonyl (C=O) groups excluding carboxylic acids is 1. The van der Waals surface area contributed by atoms with Gasteiger partial charge in [-0.1, -0.05) is 0 Å². The lowest BCUT2D eigenvalue weighted by atomic mass is 10.2. The van der Waals surface area contributed by atoms with Crippen molar-refractivity contribution in [1.82, 2.24) is 19.9 Å². The Morgan fingerprint density at radius 2 is 2.04 bits per heavy atom. The van der Waals surface area contributed by atoms with E-state index in [1.807, 2.05) is 24.8 Å². The molecule has 8 nitrogen and oxygen atoms in total. The van der Waals surface area contributed by atoms with Gasteiger partial charge < -0.3 is 19.9 Å². The van der Waals surface area contributed by atoms with Crippen molar-refractivity contribution in [3.63, 3.8) is 0 Å². The van der Waals surface area contributed by atoms with Crippen LogP contribution in [0.5, 0.6) is 5.88 Å². The van der Waals surface area contributed by atoms with Crippen molar-refractivity contribution < 1.29 is 9.53 Å². The van der Waals surface area contributed by atoms with Crippen molar-refractivity contribution in [3.8, 4) is 5.88 Å². The molecule has 0 radical (unpaired) electrons. The van der Waals surface area contributed by atoms with Gasteiger partial charge in [0, 0.05) is 50.7 Å². The summed E-state index contributed by atoms with van der Waals surface area (Å²) in [5.74, 6) is 1.82. The third-order valence-corrected chi connectivity index (χ3v) is 4.24. The number of piperazine rings is 1. The van der Waals surface area contributed by atoms with E-state index in [-0.39, 0.29) is 5.91 Å². The maximum atomic E-state index is 12.8. The van der Waals surface area contributed by atoms with Crippen molar-refractivity contribution in [3.05, 3.63) is 35.7 Å². The second-order valence-electron chi connectivity index (χ2n) is 6.06. The first-order valence-electron chi connectivity index (χ1n) is 8.75. The molecule has 8 heteroatoms. The molecule has 2 aromatic rings. The number of aromatic nitrogens is 3. The predicted octanol–water partition coefficient (Wildman–Crippen LogP) is 1.58. The van der Waals surface area contributed by atoms with Gasteiger partial charge in [-0.15, -0.1) is 0 Å². The van der Waals surface area contributed by atoms with Crippen LogP contribution in [0.15, 0.2) is 24.4 Å². The molecule has 0 bridgehead atoms. The molecule has 2 aromatic heterocycles. The van der Waals surface area contributed by atoms with Crippen LogP contribution in [0.25, 0.3) is 0 Å². The summed E-state index contributed by atoms with van der Waals surface area (Å²) in [6, 6.07) is 5.42. The molecule has 1 aliphatic rings. The fraction of sp³-hybridized carbons (Fsp3) is 0.444. The number of amides is 1. The minimum Gasteiger partial charge on any atom is -0.480 e. The summed E-state index contributed by atoms with van der Waals surface area (Å²) in [4.78, 5) is 29.9. The van der Waals surface area contributed by atoms with E-state index in [1.54, 1.807) is 18.3 Å². The highest BCUT2D eigenvalue weighted by Gasteiger charge is 2.26. The quantitative estimate of drug-likeness (QED) is 0.871. The highest BCUT2D eigenvalue weighted by molar-refractivity contribution is 5.96. The first kappa shape index (κ1) is 17.9. The molecule has 26 heavy (non-hydrogen) atoms. The van der Waals surface area contributed by atoms with Crippen LogP contribution in [-0.2, 0) is 0 Å². The maximum Gasteiger partial charge on any atom is 0.259 e. The Morgan fingerprint density at radius 3 is 2.73 bits per heavy atom. The third kappa shape index (κ3) is 3.84. The number of pyridine rings is 1. The zero-order valence-corrected chi connectivity index (χ0v) is 15.4. The zero-order valence-electron chi connectivity index (χ0n) is 15.4. The maximum absolute atomic E-state index is 12.8. The summed E-state index contributed by atoms with van der Waals surface area (Å²) in [6.45, 7) is 7.38. The molecule has 3 rings (SSSR count). The molecule has 0 atom stereocenters. The van der Waals surface area contributed by atoms with E-state index >= 15 is 0 Å². The largest absolute Gasteiger partial charge is 0.480 e. The Bertz CT molecular complexity index is 774. The van der Waals surface area contributed by atoms with Gasteiger partial charge in [0.2, 0.25) is 11.8 Å². The normalized spacial score (nSPS) is 14.3. The van der Waals surface area contributed by atoms with Crippen molar-refractivity contribution in [2.24, 2.45) is 0 Å². The van der Waals surface area contributed by atoms with Crippen LogP contribution >= 0.6 is 0 Å². The molecule has 3 heterocycles. The van der Waals surface area contributed by atoms with Gasteiger partial charge >= 0.3 is 0 Å². The Balaban J connectivity index is 1.68. The van der Waals surface area contributed by atoms with Gasteiger partial charge in [-0.2, -0.15) is 4.98 Å². The lowest BCUT2D eigenvalue weighted by molar-refractivity contribution is 0.0742. The van der Waals surface area contributed by atoms with Gasteiger partial charge in [0.25, 0.3) is 5.91 Å². The molecule has 138 valence electrons. The fourth-order valence-corrected chi connectivity index (χ4v) is 2.96. The summed E-state index contributed by atoms with van der Waals surface area (Å²) in [7, 11) is 1.52. The Hall–Kier alpha value is -2.90. The van der Waals surface area contributed by atoms with Crippen molar-refractivity contribution in [2.75, 3.05) is 50.1 Å². The molecule has 0 aromatic carbocycles. The molecule has 0 saturated carbocycles. The highest BCUT2D eigenvalue weighted by atomic mass is 16.5. The topological polar surface area (TPSA) is 83.5 Å². The van der Waals surface area contributed by atoms with E-state index in [1.165, 1.54) is 7.11 Å². The molecule has 1 fully saturated rings. The van der Waals surface area contributed by atoms with E-state index < -0.39 is 0 Å². The molecule has 0 spiro atoms. The Kier molecular flexibility index (Phi) is 5.50. The number of aryl methyl sites for hydroxylation is 1. The molecule has 0 aliphatic carbocycles. The van der Waals surface area contributed by atoms with Crippen LogP contribution in [0.3, 0.4) is 0 Å². The van der Waals surface area contributed by atoms with E-state index in [0.717, 1.165) is 18.1 Å². The van der Waals surface area contributed by atoms with Crippen LogP contribution in [0.4, 0.5) is 11.8 Å². The number of rotatable bonds is 5. The number of nitrogens with zero attached hydrogens (tertiary/aromatic N) is 5. The number of carbonyl (C=O) groups is 1. The van der Waals surface area contributed by atoms with E-state index in [9.17, 15) is 4.79 Å². The number of nitrogens with one attached hydrogen (secondary N) is 1. The number of hydrogen-bond donors (Lipinski definition) is 1. The average Bonchev–Trinajstić information content (AvgIpc) is 2.67. The number of methoxy groups -OCH3 is 1. The second-order valence-corrected chi connectivity index (χ2v) is 6.06. The lowest BCUT2D eigenvalue weighted by Gasteiger charge is -2.35. The molecular formula is C18H24N6O2. The van der Waals surface area contributed by atoms with Gasteiger partial charge in [0.05, 0.1) is 7.11 Å². The second kappa shape index (κ2) is 7.99. The first-order chi connectivity index (χ1) is 12.6. The summed E-state index contributed by atoms with van der Waals surface area (Å²) in [5, 5.41) is 3.23. The van der Waals surface area contributed by atoms with E-state index in [0.29, 0.717) is 43.6 Å². The number of ether oxygens (including phenoxy) is 1. The molecular weight excluding hydrogens is 332 g/mol. The zero-order chi connectivity index (χ0) is 18.5. The average molecular weight is 356 g/mol. The van der Waals surface area contributed by atoms with Crippen molar-refractivity contribution in [2.45, 2.75) is 13.8 Å². The number of hydrogen-bond acceptors (Lipinski definition) is 7. The van der Waals surface area contributed by atoms with Gasteiger partial charge in [-0.3, -0.25) is 4.79 Å².